The van der Waals surface area contributed by atoms with Crippen molar-refractivity contribution in [2.45, 2.75) is 25.9 Å². The average molecular weight is 337 g/mol. The van der Waals surface area contributed by atoms with Crippen molar-refractivity contribution in [2.24, 2.45) is 0 Å². The first-order chi connectivity index (χ1) is 9.76. The van der Waals surface area contributed by atoms with Crippen LogP contribution in [0.3, 0.4) is 0 Å². The van der Waals surface area contributed by atoms with E-state index in [-0.39, 0.29) is 11.1 Å². The van der Waals surface area contributed by atoms with Crippen molar-refractivity contribution < 1.29 is 19.3 Å². The Kier molecular flexibility index (Phi) is 6.39. The number of carbonyl (C=O) groups excluding carboxylic acids is 2. The molecule has 0 spiro atoms. The van der Waals surface area contributed by atoms with Crippen molar-refractivity contribution in [3.05, 3.63) is 33.6 Å². The van der Waals surface area contributed by atoms with Gasteiger partial charge in [-0.3, -0.25) is 10.1 Å². The third kappa shape index (κ3) is 4.84. The number of carbonyl (C=O) groups is 2. The molecule has 1 rings (SSSR count). The summed E-state index contributed by atoms with van der Waals surface area (Å²) in [5.41, 5.74) is 0.526. The molecule has 5 nitrogen and oxygen atoms in total. The Hall–Kier alpha value is -1.37. The molecule has 0 unspecified atom stereocenters. The molecule has 116 valence electrons. The number of nitrogens with two attached hydrogens (primary N) is 1. The Labute approximate surface area is 132 Å². The van der Waals surface area contributed by atoms with Crippen LogP contribution in [0.15, 0.2) is 12.1 Å². The van der Waals surface area contributed by atoms with Crippen LogP contribution in [0.5, 0.6) is 0 Å². The number of amides is 3. The Morgan fingerprint density at radius 2 is 1.86 bits per heavy atom. The van der Waals surface area contributed by atoms with Crippen LogP contribution in [-0.2, 0) is 4.79 Å². The molecule has 0 radical (unpaired) electrons. The van der Waals surface area contributed by atoms with Crippen molar-refractivity contribution in [1.29, 1.82) is 0 Å². The first kappa shape index (κ1) is 17.7. The van der Waals surface area contributed by atoms with E-state index in [1.807, 2.05) is 0 Å². The van der Waals surface area contributed by atoms with Gasteiger partial charge in [0.2, 0.25) is 0 Å². The van der Waals surface area contributed by atoms with E-state index < -0.39 is 23.8 Å². The zero-order valence-corrected chi connectivity index (χ0v) is 13.3. The van der Waals surface area contributed by atoms with Gasteiger partial charge in [0.15, 0.2) is 6.04 Å². The fourth-order valence-electron chi connectivity index (χ4n) is 1.80. The summed E-state index contributed by atoms with van der Waals surface area (Å²) < 4.78 is 13.5. The highest BCUT2D eigenvalue weighted by molar-refractivity contribution is 6.35. The largest absolute Gasteiger partial charge is 0.341 e. The Bertz CT molecular complexity index is 554. The SMILES string of the molecule is CNC(=O)NC(=O)[C@@H](C)[NH2+][C@@H](C)c1cc(F)c(Cl)cc1Cl. The van der Waals surface area contributed by atoms with E-state index in [0.29, 0.717) is 10.6 Å². The minimum Gasteiger partial charge on any atom is -0.341 e. The predicted molar refractivity (Wildman–Crippen MR) is 78.8 cm³/mol. The molecule has 1 aromatic carbocycles. The van der Waals surface area contributed by atoms with Crippen LogP contribution < -0.4 is 16.0 Å². The summed E-state index contributed by atoms with van der Waals surface area (Å²) in [6, 6.07) is 1.16. The molecule has 3 amide bonds. The minimum atomic E-state index is -0.580. The molecule has 0 bridgehead atoms. The highest BCUT2D eigenvalue weighted by Crippen LogP contribution is 2.27. The summed E-state index contributed by atoms with van der Waals surface area (Å²) in [5, 5.41) is 6.40. The molecule has 0 aliphatic rings. The number of hydrogen-bond acceptors (Lipinski definition) is 2. The predicted octanol–water partition coefficient (Wildman–Crippen LogP) is 1.60. The first-order valence-corrected chi connectivity index (χ1v) is 7.03. The number of nitrogens with one attached hydrogen (secondary N) is 2. The van der Waals surface area contributed by atoms with Gasteiger partial charge in [-0.2, -0.15) is 0 Å². The van der Waals surface area contributed by atoms with Gasteiger partial charge in [0.1, 0.15) is 11.9 Å². The molecule has 0 fully saturated rings. The smallest absolute Gasteiger partial charge is 0.321 e. The van der Waals surface area contributed by atoms with Crippen LogP contribution in [0.25, 0.3) is 0 Å². The van der Waals surface area contributed by atoms with Crippen molar-refractivity contribution in [1.82, 2.24) is 10.6 Å². The number of halogens is 3. The van der Waals surface area contributed by atoms with Crippen LogP contribution in [0.4, 0.5) is 9.18 Å². The number of rotatable bonds is 4. The van der Waals surface area contributed by atoms with Gasteiger partial charge in [0, 0.05) is 12.6 Å². The van der Waals surface area contributed by atoms with Gasteiger partial charge >= 0.3 is 6.03 Å². The summed E-state index contributed by atoms with van der Waals surface area (Å²) in [6.07, 6.45) is 0. The second-order valence-electron chi connectivity index (χ2n) is 4.63. The van der Waals surface area contributed by atoms with Gasteiger partial charge in [-0.1, -0.05) is 23.2 Å². The standard InChI is InChI=1S/C13H16Cl2FN3O2/c1-6(8-4-11(16)10(15)5-9(8)14)18-7(2)12(20)19-13(21)17-3/h4-7,18H,1-3H3,(H2,17,19,20,21)/p+1/t6-,7+/m0/s1. The van der Waals surface area contributed by atoms with E-state index in [1.165, 1.54) is 19.2 Å². The normalized spacial score (nSPS) is 13.4. The van der Waals surface area contributed by atoms with E-state index >= 15 is 0 Å². The number of imide groups is 1. The van der Waals surface area contributed by atoms with E-state index in [9.17, 15) is 14.0 Å². The maximum atomic E-state index is 13.5. The Balaban J connectivity index is 2.77. The molecule has 0 saturated carbocycles. The second kappa shape index (κ2) is 7.59. The summed E-state index contributed by atoms with van der Waals surface area (Å²) in [4.78, 5) is 22.8. The summed E-state index contributed by atoms with van der Waals surface area (Å²) >= 11 is 11.7. The summed E-state index contributed by atoms with van der Waals surface area (Å²) in [5.74, 6) is -1.02. The lowest BCUT2D eigenvalue weighted by Crippen LogP contribution is -2.92. The van der Waals surface area contributed by atoms with Gasteiger partial charge in [0.25, 0.3) is 5.91 Å². The third-order valence-corrected chi connectivity index (χ3v) is 3.60. The van der Waals surface area contributed by atoms with Crippen molar-refractivity contribution in [3.63, 3.8) is 0 Å². The molecule has 0 saturated heterocycles. The van der Waals surface area contributed by atoms with Crippen molar-refractivity contribution >= 4 is 35.1 Å². The van der Waals surface area contributed by atoms with E-state index in [2.05, 4.69) is 10.6 Å². The third-order valence-electron chi connectivity index (χ3n) is 2.98. The Morgan fingerprint density at radius 3 is 2.43 bits per heavy atom. The molecule has 0 heterocycles. The maximum Gasteiger partial charge on any atom is 0.321 e. The van der Waals surface area contributed by atoms with Crippen molar-refractivity contribution in [3.8, 4) is 0 Å². The molecule has 1 aromatic rings. The fraction of sp³-hybridized carbons (Fsp3) is 0.385. The monoisotopic (exact) mass is 336 g/mol. The molecular formula is C13H17Cl2FN3O2+. The quantitative estimate of drug-likeness (QED) is 0.730. The zero-order chi connectivity index (χ0) is 16.2. The molecule has 0 aromatic heterocycles. The van der Waals surface area contributed by atoms with Crippen LogP contribution >= 0.6 is 23.2 Å². The van der Waals surface area contributed by atoms with E-state index in [0.717, 1.165) is 0 Å². The van der Waals surface area contributed by atoms with Gasteiger partial charge in [-0.25, -0.2) is 9.18 Å². The van der Waals surface area contributed by atoms with Gasteiger partial charge < -0.3 is 10.6 Å². The maximum absolute atomic E-state index is 13.5. The van der Waals surface area contributed by atoms with Gasteiger partial charge in [0.05, 0.1) is 10.0 Å². The first-order valence-electron chi connectivity index (χ1n) is 6.28. The molecule has 2 atom stereocenters. The molecule has 21 heavy (non-hydrogen) atoms. The lowest BCUT2D eigenvalue weighted by Gasteiger charge is -2.17. The highest BCUT2D eigenvalue weighted by Gasteiger charge is 2.23. The average Bonchev–Trinajstić information content (AvgIpc) is 2.42. The topological polar surface area (TPSA) is 74.8 Å². The van der Waals surface area contributed by atoms with Crippen LogP contribution in [0, 0.1) is 5.82 Å². The van der Waals surface area contributed by atoms with E-state index in [1.54, 1.807) is 19.2 Å². The molecular weight excluding hydrogens is 320 g/mol. The highest BCUT2D eigenvalue weighted by atomic mass is 35.5. The lowest BCUT2D eigenvalue weighted by atomic mass is 10.1. The number of hydrogen-bond donors (Lipinski definition) is 3. The minimum absolute atomic E-state index is 0.0543. The van der Waals surface area contributed by atoms with Crippen LogP contribution in [0.2, 0.25) is 10.0 Å². The number of urea groups is 1. The van der Waals surface area contributed by atoms with E-state index in [4.69, 9.17) is 23.2 Å². The Morgan fingerprint density at radius 1 is 1.24 bits per heavy atom. The number of quaternary nitrogens is 1. The summed E-state index contributed by atoms with van der Waals surface area (Å²) in [7, 11) is 1.41. The zero-order valence-electron chi connectivity index (χ0n) is 11.8. The van der Waals surface area contributed by atoms with Crippen LogP contribution in [0.1, 0.15) is 25.5 Å². The molecule has 0 aliphatic heterocycles. The lowest BCUT2D eigenvalue weighted by molar-refractivity contribution is -0.710. The van der Waals surface area contributed by atoms with Crippen molar-refractivity contribution in [2.75, 3.05) is 7.05 Å². The second-order valence-corrected chi connectivity index (χ2v) is 5.44. The van der Waals surface area contributed by atoms with Gasteiger partial charge in [-0.15, -0.1) is 0 Å². The number of benzene rings is 1. The fourth-order valence-corrected chi connectivity index (χ4v) is 2.35. The molecule has 0 aliphatic carbocycles. The van der Waals surface area contributed by atoms with Crippen LogP contribution in [-0.4, -0.2) is 25.0 Å². The molecule has 8 heteroatoms. The molecule has 4 N–H and O–H groups in total. The van der Waals surface area contributed by atoms with Gasteiger partial charge in [-0.05, 0) is 26.0 Å². The summed E-state index contributed by atoms with van der Waals surface area (Å²) in [6.45, 7) is 3.41.